The summed E-state index contributed by atoms with van der Waals surface area (Å²) in [4.78, 5) is 8.49. The average Bonchev–Trinajstić information content (AvgIpc) is 2.83. The number of aryl methyl sites for hydroxylation is 1. The third-order valence-electron chi connectivity index (χ3n) is 3.85. The van der Waals surface area contributed by atoms with Gasteiger partial charge in [0.05, 0.1) is 11.9 Å². The quantitative estimate of drug-likeness (QED) is 0.913. The Kier molecular flexibility index (Phi) is 3.29. The van der Waals surface area contributed by atoms with E-state index in [2.05, 4.69) is 27.3 Å². The zero-order chi connectivity index (χ0) is 13.2. The topological polar surface area (TPSA) is 55.6 Å². The van der Waals surface area contributed by atoms with Gasteiger partial charge in [-0.1, -0.05) is 0 Å². The largest absolute Gasteiger partial charge is 0.302 e. The highest BCUT2D eigenvalue weighted by Crippen LogP contribution is 2.30. The first-order chi connectivity index (χ1) is 9.25. The Morgan fingerprint density at radius 3 is 3.05 bits per heavy atom. The summed E-state index contributed by atoms with van der Waals surface area (Å²) in [7, 11) is 2.02. The first kappa shape index (κ1) is 12.3. The van der Waals surface area contributed by atoms with Crippen LogP contribution in [0.5, 0.6) is 0 Å². The molecule has 5 nitrogen and oxygen atoms in total. The van der Waals surface area contributed by atoms with E-state index in [4.69, 9.17) is 0 Å². The van der Waals surface area contributed by atoms with Crippen LogP contribution in [0.25, 0.3) is 0 Å². The molecule has 1 aliphatic carbocycles. The molecule has 3 rings (SSSR count). The van der Waals surface area contributed by atoms with Gasteiger partial charge in [0.1, 0.15) is 0 Å². The van der Waals surface area contributed by atoms with Crippen LogP contribution in [0.4, 0.5) is 0 Å². The van der Waals surface area contributed by atoms with Crippen molar-refractivity contribution in [3.8, 4) is 0 Å². The van der Waals surface area contributed by atoms with Crippen molar-refractivity contribution < 1.29 is 0 Å². The van der Waals surface area contributed by atoms with Crippen LogP contribution in [-0.4, -0.2) is 19.7 Å². The van der Waals surface area contributed by atoms with Crippen LogP contribution in [0, 0.1) is 0 Å². The second-order valence-corrected chi connectivity index (χ2v) is 5.13. The minimum Gasteiger partial charge on any atom is -0.302 e. The van der Waals surface area contributed by atoms with Gasteiger partial charge in [0.15, 0.2) is 0 Å². The van der Waals surface area contributed by atoms with E-state index in [-0.39, 0.29) is 6.04 Å². The molecule has 0 bridgehead atoms. The second-order valence-electron chi connectivity index (χ2n) is 5.13. The highest BCUT2D eigenvalue weighted by atomic mass is 15.3. The Balaban J connectivity index is 1.78. The summed E-state index contributed by atoms with van der Waals surface area (Å²) in [6.45, 7) is 2.13. The first-order valence-corrected chi connectivity index (χ1v) is 6.78. The molecule has 2 aromatic rings. The zero-order valence-corrected chi connectivity index (χ0v) is 11.4. The van der Waals surface area contributed by atoms with E-state index < -0.39 is 0 Å². The van der Waals surface area contributed by atoms with Crippen molar-refractivity contribution in [2.75, 3.05) is 0 Å². The summed E-state index contributed by atoms with van der Waals surface area (Å²) < 4.78 is 2.00. The van der Waals surface area contributed by atoms with E-state index in [1.807, 2.05) is 24.1 Å². The molecule has 0 radical (unpaired) electrons. The lowest BCUT2D eigenvalue weighted by molar-refractivity contribution is 0.406. The highest BCUT2D eigenvalue weighted by molar-refractivity contribution is 5.25. The number of rotatable bonds is 3. The number of nitrogens with zero attached hydrogens (tertiary/aromatic N) is 4. The predicted molar refractivity (Wildman–Crippen MR) is 72.5 cm³/mol. The predicted octanol–water partition coefficient (Wildman–Crippen LogP) is 1.94. The van der Waals surface area contributed by atoms with Gasteiger partial charge in [0, 0.05) is 49.0 Å². The van der Waals surface area contributed by atoms with Crippen LogP contribution >= 0.6 is 0 Å². The monoisotopic (exact) mass is 257 g/mol. The van der Waals surface area contributed by atoms with Crippen LogP contribution < -0.4 is 5.32 Å². The van der Waals surface area contributed by atoms with Gasteiger partial charge in [0.2, 0.25) is 0 Å². The third-order valence-corrected chi connectivity index (χ3v) is 3.85. The normalized spacial score (nSPS) is 20.0. The molecule has 0 amide bonds. The van der Waals surface area contributed by atoms with Gasteiger partial charge in [-0.25, -0.2) is 0 Å². The summed E-state index contributed by atoms with van der Waals surface area (Å²) in [6.07, 6.45) is 10.8. The molecule has 2 heterocycles. The van der Waals surface area contributed by atoms with Crippen molar-refractivity contribution in [3.05, 3.63) is 41.7 Å². The fraction of sp³-hybridized carbons (Fsp3) is 0.500. The molecule has 19 heavy (non-hydrogen) atoms. The Hall–Kier alpha value is -1.75. The maximum atomic E-state index is 4.38. The van der Waals surface area contributed by atoms with Gasteiger partial charge >= 0.3 is 0 Å². The Morgan fingerprint density at radius 2 is 2.26 bits per heavy atom. The molecule has 2 aromatic heterocycles. The summed E-state index contributed by atoms with van der Waals surface area (Å²) in [5, 5.41) is 8.03. The fourth-order valence-electron chi connectivity index (χ4n) is 2.80. The number of aromatic nitrogens is 4. The molecule has 1 aliphatic rings. The average molecular weight is 257 g/mol. The SMILES string of the molecule is CC(NC1CCCc2c1cnn2C)c1cnccn1. The Labute approximate surface area is 113 Å². The standard InChI is InChI=1S/C14H19N5/c1-10(13-9-15-6-7-16-13)18-12-4-3-5-14-11(12)8-17-19(14)2/h6-10,12,18H,3-5H2,1-2H3. The third kappa shape index (κ3) is 2.38. The van der Waals surface area contributed by atoms with Crippen LogP contribution in [-0.2, 0) is 13.5 Å². The van der Waals surface area contributed by atoms with Crippen molar-refractivity contribution in [1.82, 2.24) is 25.1 Å². The van der Waals surface area contributed by atoms with Crippen LogP contribution in [0.15, 0.2) is 24.8 Å². The first-order valence-electron chi connectivity index (χ1n) is 6.78. The van der Waals surface area contributed by atoms with Crippen LogP contribution in [0.1, 0.15) is 48.8 Å². The Bertz CT molecular complexity index is 548. The molecular formula is C14H19N5. The molecule has 0 saturated heterocycles. The Morgan fingerprint density at radius 1 is 1.37 bits per heavy atom. The van der Waals surface area contributed by atoms with Crippen molar-refractivity contribution >= 4 is 0 Å². The highest BCUT2D eigenvalue weighted by Gasteiger charge is 2.24. The van der Waals surface area contributed by atoms with Crippen molar-refractivity contribution in [1.29, 1.82) is 0 Å². The lowest BCUT2D eigenvalue weighted by atomic mass is 9.92. The van der Waals surface area contributed by atoms with Gasteiger partial charge in [-0.2, -0.15) is 5.10 Å². The van der Waals surface area contributed by atoms with Gasteiger partial charge in [-0.3, -0.25) is 14.6 Å². The molecule has 2 unspecified atom stereocenters. The van der Waals surface area contributed by atoms with E-state index in [0.29, 0.717) is 6.04 Å². The van der Waals surface area contributed by atoms with E-state index in [1.165, 1.54) is 17.7 Å². The van der Waals surface area contributed by atoms with Gasteiger partial charge in [-0.05, 0) is 26.2 Å². The van der Waals surface area contributed by atoms with Gasteiger partial charge in [-0.15, -0.1) is 0 Å². The zero-order valence-electron chi connectivity index (χ0n) is 11.4. The lowest BCUT2D eigenvalue weighted by Gasteiger charge is -2.26. The molecule has 0 fully saturated rings. The van der Waals surface area contributed by atoms with Crippen molar-refractivity contribution in [2.45, 2.75) is 38.3 Å². The van der Waals surface area contributed by atoms with E-state index in [9.17, 15) is 0 Å². The van der Waals surface area contributed by atoms with E-state index in [1.54, 1.807) is 12.4 Å². The summed E-state index contributed by atoms with van der Waals surface area (Å²) in [5.74, 6) is 0. The van der Waals surface area contributed by atoms with E-state index in [0.717, 1.165) is 18.5 Å². The second kappa shape index (κ2) is 5.09. The van der Waals surface area contributed by atoms with Gasteiger partial charge in [0.25, 0.3) is 0 Å². The van der Waals surface area contributed by atoms with Gasteiger partial charge < -0.3 is 5.32 Å². The smallest absolute Gasteiger partial charge is 0.0753 e. The number of hydrogen-bond donors (Lipinski definition) is 1. The number of nitrogens with one attached hydrogen (secondary N) is 1. The number of fused-ring (bicyclic) bond motifs is 1. The minimum atomic E-state index is 0.199. The molecule has 0 aromatic carbocycles. The summed E-state index contributed by atoms with van der Waals surface area (Å²) >= 11 is 0. The summed E-state index contributed by atoms with van der Waals surface area (Å²) in [6, 6.07) is 0.569. The maximum absolute atomic E-state index is 4.38. The molecule has 0 saturated carbocycles. The molecule has 0 aliphatic heterocycles. The summed E-state index contributed by atoms with van der Waals surface area (Å²) in [5.41, 5.74) is 3.68. The van der Waals surface area contributed by atoms with Crippen molar-refractivity contribution in [3.63, 3.8) is 0 Å². The molecule has 5 heteroatoms. The minimum absolute atomic E-state index is 0.199. The lowest BCUT2D eigenvalue weighted by Crippen LogP contribution is -2.28. The van der Waals surface area contributed by atoms with Crippen LogP contribution in [0.3, 0.4) is 0 Å². The maximum Gasteiger partial charge on any atom is 0.0753 e. The number of hydrogen-bond acceptors (Lipinski definition) is 4. The van der Waals surface area contributed by atoms with Crippen molar-refractivity contribution in [2.24, 2.45) is 7.05 Å². The molecule has 0 spiro atoms. The molecule has 2 atom stereocenters. The molecular weight excluding hydrogens is 238 g/mol. The molecule has 1 N–H and O–H groups in total. The fourth-order valence-corrected chi connectivity index (χ4v) is 2.80. The van der Waals surface area contributed by atoms with Crippen LogP contribution in [0.2, 0.25) is 0 Å². The van der Waals surface area contributed by atoms with E-state index >= 15 is 0 Å². The molecule has 100 valence electrons.